The number of amides is 1. The Kier molecular flexibility index (Phi) is 5.19. The predicted octanol–water partition coefficient (Wildman–Crippen LogP) is 0.171. The Morgan fingerprint density at radius 1 is 1.19 bits per heavy atom. The Hall–Kier alpha value is -1.60. The Bertz CT molecular complexity index is 583. The van der Waals surface area contributed by atoms with E-state index in [4.69, 9.17) is 10.5 Å². The van der Waals surface area contributed by atoms with Crippen molar-refractivity contribution in [2.45, 2.75) is 13.0 Å². The summed E-state index contributed by atoms with van der Waals surface area (Å²) < 4.78 is 28.4. The van der Waals surface area contributed by atoms with Gasteiger partial charge < -0.3 is 15.4 Å². The van der Waals surface area contributed by atoms with E-state index in [-0.39, 0.29) is 30.6 Å². The highest BCUT2D eigenvalue weighted by atomic mass is 32.2. The number of benzene rings is 1. The molecule has 1 aliphatic rings. The molecule has 0 aromatic heterocycles. The molecule has 6 nitrogen and oxygen atoms in total. The summed E-state index contributed by atoms with van der Waals surface area (Å²) in [5, 5.41) is 0. The molecule has 116 valence electrons. The van der Waals surface area contributed by atoms with Gasteiger partial charge in [-0.2, -0.15) is 0 Å². The predicted molar refractivity (Wildman–Crippen MR) is 79.7 cm³/mol. The van der Waals surface area contributed by atoms with Crippen molar-refractivity contribution in [1.82, 2.24) is 4.90 Å². The monoisotopic (exact) mass is 312 g/mol. The molecule has 1 aromatic rings. The number of carbonyl (C=O) groups excluding carboxylic acids is 1. The highest BCUT2D eigenvalue weighted by molar-refractivity contribution is 7.91. The first-order chi connectivity index (χ1) is 10.00. The molecule has 1 saturated heterocycles. The zero-order valence-electron chi connectivity index (χ0n) is 11.8. The normalized spacial score (nSPS) is 18.0. The minimum absolute atomic E-state index is 0.0317. The van der Waals surface area contributed by atoms with Gasteiger partial charge in [0.05, 0.1) is 11.5 Å². The number of nitrogens with two attached hydrogens (primary N) is 1. The Balaban J connectivity index is 1.86. The fourth-order valence-corrected chi connectivity index (χ4v) is 3.42. The average molecular weight is 312 g/mol. The van der Waals surface area contributed by atoms with Gasteiger partial charge in [0.25, 0.3) is 5.91 Å². The third kappa shape index (κ3) is 4.71. The molecule has 0 bridgehead atoms. The minimum Gasteiger partial charge on any atom is -0.484 e. The third-order valence-corrected chi connectivity index (χ3v) is 5.14. The molecular weight excluding hydrogens is 292 g/mol. The first-order valence-corrected chi connectivity index (χ1v) is 8.72. The Labute approximate surface area is 124 Å². The van der Waals surface area contributed by atoms with Crippen LogP contribution >= 0.6 is 0 Å². The van der Waals surface area contributed by atoms with Crippen molar-refractivity contribution < 1.29 is 17.9 Å². The quantitative estimate of drug-likeness (QED) is 0.856. The Morgan fingerprint density at radius 2 is 1.90 bits per heavy atom. The smallest absolute Gasteiger partial charge is 0.260 e. The molecule has 0 atom stereocenters. The van der Waals surface area contributed by atoms with E-state index >= 15 is 0 Å². The molecule has 0 spiro atoms. The molecule has 1 heterocycles. The summed E-state index contributed by atoms with van der Waals surface area (Å²) in [4.78, 5) is 13.6. The van der Waals surface area contributed by atoms with Crippen molar-refractivity contribution in [3.63, 3.8) is 0 Å². The summed E-state index contributed by atoms with van der Waals surface area (Å²) in [5.41, 5.74) is 6.50. The number of carbonyl (C=O) groups is 1. The molecule has 1 fully saturated rings. The van der Waals surface area contributed by atoms with E-state index in [1.54, 1.807) is 17.0 Å². The van der Waals surface area contributed by atoms with Crippen LogP contribution in [0.2, 0.25) is 0 Å². The molecule has 1 aromatic carbocycles. The molecule has 0 saturated carbocycles. The number of ether oxygens (including phenoxy) is 1. The van der Waals surface area contributed by atoms with Crippen LogP contribution in [0.15, 0.2) is 24.3 Å². The zero-order chi connectivity index (χ0) is 15.3. The number of nitrogens with zero attached hydrogens (tertiary/aromatic N) is 1. The summed E-state index contributed by atoms with van der Waals surface area (Å²) in [6.45, 7) is 1.09. The molecule has 1 aliphatic heterocycles. The lowest BCUT2D eigenvalue weighted by molar-refractivity contribution is -0.133. The molecule has 0 unspecified atom stereocenters. The highest BCUT2D eigenvalue weighted by Gasteiger charge is 2.22. The molecular formula is C14H20N2O4S. The van der Waals surface area contributed by atoms with Crippen molar-refractivity contribution in [2.75, 3.05) is 31.2 Å². The third-order valence-electron chi connectivity index (χ3n) is 3.43. The molecule has 2 N–H and O–H groups in total. The van der Waals surface area contributed by atoms with Gasteiger partial charge in [0.1, 0.15) is 5.75 Å². The number of rotatable bonds is 4. The van der Waals surface area contributed by atoms with Gasteiger partial charge in [0, 0.05) is 19.6 Å². The van der Waals surface area contributed by atoms with Crippen molar-refractivity contribution in [2.24, 2.45) is 5.73 Å². The summed E-state index contributed by atoms with van der Waals surface area (Å²) in [5.74, 6) is 0.597. The zero-order valence-corrected chi connectivity index (χ0v) is 12.6. The van der Waals surface area contributed by atoms with Crippen LogP contribution in [0.3, 0.4) is 0 Å². The van der Waals surface area contributed by atoms with Gasteiger partial charge in [0.15, 0.2) is 16.4 Å². The van der Waals surface area contributed by atoms with Crippen LogP contribution in [0.1, 0.15) is 12.0 Å². The maximum Gasteiger partial charge on any atom is 0.260 e. The lowest BCUT2D eigenvalue weighted by Crippen LogP contribution is -2.37. The number of sulfone groups is 1. The number of hydrogen-bond acceptors (Lipinski definition) is 5. The summed E-state index contributed by atoms with van der Waals surface area (Å²) in [7, 11) is -3.01. The first-order valence-electron chi connectivity index (χ1n) is 6.90. The van der Waals surface area contributed by atoms with Crippen molar-refractivity contribution in [1.29, 1.82) is 0 Å². The van der Waals surface area contributed by atoms with E-state index in [1.165, 1.54) is 0 Å². The molecule has 1 amide bonds. The molecule has 7 heteroatoms. The van der Waals surface area contributed by atoms with E-state index in [9.17, 15) is 13.2 Å². The number of hydrogen-bond donors (Lipinski definition) is 1. The maximum atomic E-state index is 12.0. The molecule has 21 heavy (non-hydrogen) atoms. The van der Waals surface area contributed by atoms with Gasteiger partial charge in [-0.05, 0) is 24.1 Å². The van der Waals surface area contributed by atoms with Gasteiger partial charge >= 0.3 is 0 Å². The minimum atomic E-state index is -3.01. The van der Waals surface area contributed by atoms with E-state index in [2.05, 4.69) is 0 Å². The van der Waals surface area contributed by atoms with Gasteiger partial charge in [0.2, 0.25) is 0 Å². The SMILES string of the molecule is NCc1ccc(OCC(=O)N2CCCS(=O)(=O)CC2)cc1. The van der Waals surface area contributed by atoms with Crippen LogP contribution in [0, 0.1) is 0 Å². The van der Waals surface area contributed by atoms with Crippen LogP contribution in [-0.2, 0) is 21.2 Å². The second-order valence-corrected chi connectivity index (χ2v) is 7.33. The van der Waals surface area contributed by atoms with Crippen LogP contribution in [0.25, 0.3) is 0 Å². The summed E-state index contributed by atoms with van der Waals surface area (Å²) in [6, 6.07) is 7.22. The first kappa shape index (κ1) is 15.8. The summed E-state index contributed by atoms with van der Waals surface area (Å²) >= 11 is 0. The van der Waals surface area contributed by atoms with E-state index in [0.29, 0.717) is 25.3 Å². The molecule has 2 rings (SSSR count). The second-order valence-electron chi connectivity index (χ2n) is 5.02. The van der Waals surface area contributed by atoms with E-state index in [0.717, 1.165) is 5.56 Å². The van der Waals surface area contributed by atoms with Crippen LogP contribution in [0.4, 0.5) is 0 Å². The van der Waals surface area contributed by atoms with E-state index < -0.39 is 9.84 Å². The van der Waals surface area contributed by atoms with Gasteiger partial charge in [-0.15, -0.1) is 0 Å². The standard InChI is InChI=1S/C14H20N2O4S/c15-10-12-2-4-13(5-3-12)20-11-14(17)16-6-1-8-21(18,19)9-7-16/h2-5H,1,6-11,15H2. The van der Waals surface area contributed by atoms with Gasteiger partial charge in [-0.3, -0.25) is 4.79 Å². The fourth-order valence-electron chi connectivity index (χ4n) is 2.15. The Morgan fingerprint density at radius 3 is 2.57 bits per heavy atom. The lowest BCUT2D eigenvalue weighted by atomic mass is 10.2. The topological polar surface area (TPSA) is 89.7 Å². The fraction of sp³-hybridized carbons (Fsp3) is 0.500. The summed E-state index contributed by atoms with van der Waals surface area (Å²) in [6.07, 6.45) is 0.485. The van der Waals surface area contributed by atoms with Gasteiger partial charge in [-0.25, -0.2) is 8.42 Å². The second kappa shape index (κ2) is 6.91. The van der Waals surface area contributed by atoms with Crippen molar-refractivity contribution >= 4 is 15.7 Å². The average Bonchev–Trinajstić information content (AvgIpc) is 2.66. The van der Waals surface area contributed by atoms with E-state index in [1.807, 2.05) is 12.1 Å². The van der Waals surface area contributed by atoms with Crippen LogP contribution < -0.4 is 10.5 Å². The van der Waals surface area contributed by atoms with Crippen molar-refractivity contribution in [3.05, 3.63) is 29.8 Å². The highest BCUT2D eigenvalue weighted by Crippen LogP contribution is 2.12. The maximum absolute atomic E-state index is 12.0. The van der Waals surface area contributed by atoms with Crippen molar-refractivity contribution in [3.8, 4) is 5.75 Å². The lowest BCUT2D eigenvalue weighted by Gasteiger charge is -2.19. The molecule has 0 radical (unpaired) electrons. The van der Waals surface area contributed by atoms with Crippen LogP contribution in [0.5, 0.6) is 5.75 Å². The largest absolute Gasteiger partial charge is 0.484 e. The molecule has 0 aliphatic carbocycles. The van der Waals surface area contributed by atoms with Crippen LogP contribution in [-0.4, -0.2) is 50.4 Å². The van der Waals surface area contributed by atoms with Gasteiger partial charge in [-0.1, -0.05) is 12.1 Å².